The molecule has 1 aromatic carbocycles. The molecule has 0 aliphatic rings. The number of halogens is 2. The summed E-state index contributed by atoms with van der Waals surface area (Å²) < 4.78 is 40.6. The molecule has 0 fully saturated rings. The van der Waals surface area contributed by atoms with Gasteiger partial charge in [-0.25, -0.2) is 12.8 Å². The second kappa shape index (κ2) is 5.76. The molecule has 4 nitrogen and oxygen atoms in total. The molecule has 0 unspecified atom stereocenters. The van der Waals surface area contributed by atoms with Crippen molar-refractivity contribution >= 4 is 60.2 Å². The number of benzene rings is 1. The van der Waals surface area contributed by atoms with E-state index in [1.54, 1.807) is 0 Å². The predicted octanol–water partition coefficient (Wildman–Crippen LogP) is 3.08. The van der Waals surface area contributed by atoms with Gasteiger partial charge in [-0.3, -0.25) is 4.72 Å². The number of thiophene rings is 1. The second-order valence-electron chi connectivity index (χ2n) is 3.71. The van der Waals surface area contributed by atoms with E-state index in [-0.39, 0.29) is 14.9 Å². The first-order valence-electron chi connectivity index (χ1n) is 5.17. The lowest BCUT2D eigenvalue weighted by Gasteiger charge is -2.07. The van der Waals surface area contributed by atoms with Crippen LogP contribution in [0.25, 0.3) is 0 Å². The third kappa shape index (κ3) is 3.35. The Morgan fingerprint density at radius 2 is 2.05 bits per heavy atom. The molecule has 106 valence electrons. The number of nitrogens with one attached hydrogen (secondary N) is 1. The Morgan fingerprint density at radius 1 is 1.35 bits per heavy atom. The van der Waals surface area contributed by atoms with Gasteiger partial charge < -0.3 is 5.73 Å². The molecule has 0 atom stereocenters. The predicted molar refractivity (Wildman–Crippen MR) is 85.1 cm³/mol. The van der Waals surface area contributed by atoms with Crippen molar-refractivity contribution in [3.8, 4) is 0 Å². The van der Waals surface area contributed by atoms with Crippen molar-refractivity contribution in [2.24, 2.45) is 5.73 Å². The van der Waals surface area contributed by atoms with Crippen LogP contribution in [0.1, 0.15) is 4.88 Å². The molecule has 9 heteroatoms. The van der Waals surface area contributed by atoms with Gasteiger partial charge in [0.05, 0.1) is 10.6 Å². The zero-order valence-electron chi connectivity index (χ0n) is 9.76. The van der Waals surface area contributed by atoms with Crippen LogP contribution in [0, 0.1) is 5.82 Å². The highest BCUT2D eigenvalue weighted by molar-refractivity contribution is 9.10. The van der Waals surface area contributed by atoms with Crippen LogP contribution in [0.2, 0.25) is 0 Å². The van der Waals surface area contributed by atoms with Gasteiger partial charge in [0.25, 0.3) is 10.0 Å². The van der Waals surface area contributed by atoms with Crippen molar-refractivity contribution in [2.45, 2.75) is 4.21 Å². The average Bonchev–Trinajstić information content (AvgIpc) is 2.83. The number of sulfonamides is 1. The van der Waals surface area contributed by atoms with Gasteiger partial charge in [-0.1, -0.05) is 28.1 Å². The van der Waals surface area contributed by atoms with Crippen LogP contribution >= 0.6 is 39.5 Å². The minimum absolute atomic E-state index is 0.0163. The summed E-state index contributed by atoms with van der Waals surface area (Å²) in [5.74, 6) is -0.672. The summed E-state index contributed by atoms with van der Waals surface area (Å²) in [7, 11) is -3.86. The van der Waals surface area contributed by atoms with Gasteiger partial charge in [0.15, 0.2) is 0 Å². The van der Waals surface area contributed by atoms with Gasteiger partial charge in [-0.15, -0.1) is 11.3 Å². The number of anilines is 1. The Hall–Kier alpha value is -1.03. The maximum atomic E-state index is 13.6. The second-order valence-corrected chi connectivity index (χ2v) is 8.06. The molecule has 2 rings (SSSR count). The van der Waals surface area contributed by atoms with E-state index in [2.05, 4.69) is 20.7 Å². The summed E-state index contributed by atoms with van der Waals surface area (Å²) >= 11 is 8.80. The number of hydrogen-bond donors (Lipinski definition) is 2. The maximum Gasteiger partial charge on any atom is 0.271 e. The lowest BCUT2D eigenvalue weighted by Crippen LogP contribution is -2.12. The van der Waals surface area contributed by atoms with Crippen LogP contribution in [0.15, 0.2) is 39.0 Å². The first kappa shape index (κ1) is 15.4. The quantitative estimate of drug-likeness (QED) is 0.781. The summed E-state index contributed by atoms with van der Waals surface area (Å²) in [6, 6.07) is 6.93. The third-order valence-corrected chi connectivity index (χ3v) is 6.08. The monoisotopic (exact) mass is 394 g/mol. The number of nitrogens with two attached hydrogens (primary N) is 1. The Morgan fingerprint density at radius 3 is 2.60 bits per heavy atom. The fourth-order valence-electron chi connectivity index (χ4n) is 1.36. The zero-order chi connectivity index (χ0) is 14.9. The maximum absolute atomic E-state index is 13.6. The largest absolute Gasteiger partial charge is 0.389 e. The van der Waals surface area contributed by atoms with Crippen LogP contribution in [-0.4, -0.2) is 13.4 Å². The van der Waals surface area contributed by atoms with E-state index >= 15 is 0 Å². The van der Waals surface area contributed by atoms with Crippen molar-refractivity contribution in [3.63, 3.8) is 0 Å². The molecular formula is C11H8BrFN2O2S3. The van der Waals surface area contributed by atoms with Gasteiger partial charge in [0.2, 0.25) is 0 Å². The molecule has 0 bridgehead atoms. The molecular weight excluding hydrogens is 387 g/mol. The highest BCUT2D eigenvalue weighted by atomic mass is 79.9. The van der Waals surface area contributed by atoms with E-state index in [4.69, 9.17) is 18.0 Å². The average molecular weight is 395 g/mol. The first-order valence-corrected chi connectivity index (χ1v) is 8.67. The van der Waals surface area contributed by atoms with Gasteiger partial charge in [-0.05, 0) is 30.3 Å². The number of rotatable bonds is 4. The van der Waals surface area contributed by atoms with E-state index in [9.17, 15) is 12.8 Å². The van der Waals surface area contributed by atoms with Crippen LogP contribution in [0.4, 0.5) is 10.1 Å². The molecule has 1 heterocycles. The third-order valence-electron chi connectivity index (χ3n) is 2.26. The minimum atomic E-state index is -3.86. The molecule has 3 N–H and O–H groups in total. The van der Waals surface area contributed by atoms with Crippen LogP contribution in [-0.2, 0) is 10.0 Å². The first-order chi connectivity index (χ1) is 9.29. The van der Waals surface area contributed by atoms with E-state index in [1.165, 1.54) is 30.3 Å². The standard InChI is InChI=1S/C11H8BrFN2O2S3/c12-6-1-2-8(7(13)5-6)15-20(16,17)10-4-3-9(19-10)11(14)18/h1-5,15H,(H2,14,18). The fourth-order valence-corrected chi connectivity index (χ4v) is 4.12. The van der Waals surface area contributed by atoms with Gasteiger partial charge in [-0.2, -0.15) is 0 Å². The Labute approximate surface area is 133 Å². The summed E-state index contributed by atoms with van der Waals surface area (Å²) in [6.07, 6.45) is 0. The van der Waals surface area contributed by atoms with Gasteiger partial charge in [0, 0.05) is 4.47 Å². The van der Waals surface area contributed by atoms with Crippen molar-refractivity contribution in [2.75, 3.05) is 4.72 Å². The topological polar surface area (TPSA) is 72.2 Å². The molecule has 0 spiro atoms. The number of hydrogen-bond acceptors (Lipinski definition) is 4. The van der Waals surface area contributed by atoms with E-state index < -0.39 is 15.8 Å². The molecule has 0 radical (unpaired) electrons. The Bertz CT molecular complexity index is 774. The summed E-state index contributed by atoms with van der Waals surface area (Å²) in [6.45, 7) is 0. The van der Waals surface area contributed by atoms with Crippen LogP contribution in [0.3, 0.4) is 0 Å². The molecule has 20 heavy (non-hydrogen) atoms. The lowest BCUT2D eigenvalue weighted by molar-refractivity contribution is 0.600. The Kier molecular flexibility index (Phi) is 4.43. The van der Waals surface area contributed by atoms with E-state index in [0.29, 0.717) is 9.35 Å². The van der Waals surface area contributed by atoms with Crippen molar-refractivity contribution in [1.82, 2.24) is 0 Å². The molecule has 0 aliphatic carbocycles. The smallest absolute Gasteiger partial charge is 0.271 e. The molecule has 0 saturated carbocycles. The van der Waals surface area contributed by atoms with Gasteiger partial charge >= 0.3 is 0 Å². The van der Waals surface area contributed by atoms with Gasteiger partial charge in [0.1, 0.15) is 15.0 Å². The SMILES string of the molecule is NC(=S)c1ccc(S(=O)(=O)Nc2ccc(Br)cc2F)s1. The van der Waals surface area contributed by atoms with Crippen LogP contribution < -0.4 is 10.5 Å². The lowest BCUT2D eigenvalue weighted by atomic mass is 10.3. The molecule has 2 aromatic rings. The normalized spacial score (nSPS) is 11.3. The highest BCUT2D eigenvalue weighted by Gasteiger charge is 2.19. The van der Waals surface area contributed by atoms with Crippen molar-refractivity contribution in [1.29, 1.82) is 0 Å². The number of thiocarbonyl (C=S) groups is 1. The van der Waals surface area contributed by atoms with E-state index in [1.807, 2.05) is 0 Å². The van der Waals surface area contributed by atoms with Crippen LogP contribution in [0.5, 0.6) is 0 Å². The van der Waals surface area contributed by atoms with Crippen molar-refractivity contribution < 1.29 is 12.8 Å². The summed E-state index contributed by atoms with van der Waals surface area (Å²) in [5.41, 5.74) is 5.30. The Balaban J connectivity index is 2.33. The molecule has 1 aromatic heterocycles. The summed E-state index contributed by atoms with van der Waals surface area (Å²) in [4.78, 5) is 0.600. The molecule has 0 amide bonds. The zero-order valence-corrected chi connectivity index (χ0v) is 13.8. The fraction of sp³-hybridized carbons (Fsp3) is 0. The van der Waals surface area contributed by atoms with E-state index in [0.717, 1.165) is 11.3 Å². The molecule has 0 aliphatic heterocycles. The minimum Gasteiger partial charge on any atom is -0.389 e. The summed E-state index contributed by atoms with van der Waals surface area (Å²) in [5, 5.41) is 0. The van der Waals surface area contributed by atoms with Crippen molar-refractivity contribution in [3.05, 3.63) is 45.5 Å². The molecule has 0 saturated heterocycles. The highest BCUT2D eigenvalue weighted by Crippen LogP contribution is 2.26.